The molecule has 0 unspecified atom stereocenters. The Labute approximate surface area is 177 Å². The van der Waals surface area contributed by atoms with Crippen LogP contribution in [0.1, 0.15) is 28.9 Å². The van der Waals surface area contributed by atoms with Gasteiger partial charge in [-0.1, -0.05) is 12.1 Å². The van der Waals surface area contributed by atoms with Gasteiger partial charge in [-0.25, -0.2) is 0 Å². The van der Waals surface area contributed by atoms with E-state index in [9.17, 15) is 4.79 Å². The zero-order valence-corrected chi connectivity index (χ0v) is 18.0. The molecule has 7 heteroatoms. The van der Waals surface area contributed by atoms with Crippen molar-refractivity contribution in [3.05, 3.63) is 59.7 Å². The third-order valence-corrected chi connectivity index (χ3v) is 5.13. The lowest BCUT2D eigenvalue weighted by atomic mass is 10.1. The van der Waals surface area contributed by atoms with Crippen molar-refractivity contribution in [3.8, 4) is 0 Å². The average Bonchev–Trinajstić information content (AvgIpc) is 2.74. The van der Waals surface area contributed by atoms with Crippen molar-refractivity contribution < 1.29 is 9.53 Å². The van der Waals surface area contributed by atoms with Crippen LogP contribution in [-0.4, -0.2) is 56.3 Å². The number of carbonyl (C=O) groups is 1. The van der Waals surface area contributed by atoms with E-state index in [4.69, 9.17) is 17.0 Å². The van der Waals surface area contributed by atoms with Gasteiger partial charge in [-0.2, -0.15) is 0 Å². The van der Waals surface area contributed by atoms with Crippen LogP contribution in [0.25, 0.3) is 0 Å². The minimum Gasteiger partial charge on any atom is -0.378 e. The molecule has 2 aromatic rings. The first-order valence-electron chi connectivity index (χ1n) is 9.76. The van der Waals surface area contributed by atoms with Crippen LogP contribution in [0.2, 0.25) is 0 Å². The fraction of sp³-hybridized carbons (Fsp3) is 0.364. The van der Waals surface area contributed by atoms with E-state index in [2.05, 4.69) is 46.7 Å². The summed E-state index contributed by atoms with van der Waals surface area (Å²) in [6, 6.07) is 15.9. The highest BCUT2D eigenvalue weighted by Gasteiger charge is 2.13. The first-order valence-corrected chi connectivity index (χ1v) is 10.2. The first kappa shape index (κ1) is 21.1. The molecule has 2 N–H and O–H groups in total. The number of rotatable bonds is 5. The third-order valence-electron chi connectivity index (χ3n) is 4.91. The van der Waals surface area contributed by atoms with E-state index >= 15 is 0 Å². The second-order valence-corrected chi connectivity index (χ2v) is 7.70. The van der Waals surface area contributed by atoms with Crippen LogP contribution in [-0.2, 0) is 4.74 Å². The van der Waals surface area contributed by atoms with E-state index in [1.54, 1.807) is 31.1 Å². The Morgan fingerprint density at radius 2 is 1.69 bits per heavy atom. The Morgan fingerprint density at radius 3 is 2.28 bits per heavy atom. The van der Waals surface area contributed by atoms with Gasteiger partial charge in [0.15, 0.2) is 5.11 Å². The number of hydrogen-bond acceptors (Lipinski definition) is 4. The van der Waals surface area contributed by atoms with Crippen LogP contribution in [0.3, 0.4) is 0 Å². The molecule has 3 rings (SSSR count). The summed E-state index contributed by atoms with van der Waals surface area (Å²) in [7, 11) is 3.48. The lowest BCUT2D eigenvalue weighted by Crippen LogP contribution is -2.36. The molecule has 0 bridgehead atoms. The minimum atomic E-state index is -0.0219. The molecular formula is C22H28N4O2S. The molecule has 0 saturated carbocycles. The Hall–Kier alpha value is -2.64. The fourth-order valence-electron chi connectivity index (χ4n) is 3.20. The van der Waals surface area contributed by atoms with E-state index in [1.807, 2.05) is 12.1 Å². The number of nitrogens with one attached hydrogen (secondary N) is 2. The van der Waals surface area contributed by atoms with Crippen molar-refractivity contribution in [3.63, 3.8) is 0 Å². The SMILES string of the molecule is C[C@H](NC(=S)Nc1ccc(C(=O)N(C)C)cc1)c1ccc(N2CCOCC2)cc1. The van der Waals surface area contributed by atoms with Crippen LogP contribution in [0.5, 0.6) is 0 Å². The highest BCUT2D eigenvalue weighted by molar-refractivity contribution is 7.80. The summed E-state index contributed by atoms with van der Waals surface area (Å²) in [5.41, 5.74) is 3.87. The number of anilines is 2. The molecule has 1 heterocycles. The smallest absolute Gasteiger partial charge is 0.253 e. The van der Waals surface area contributed by atoms with Crippen molar-refractivity contribution in [1.29, 1.82) is 0 Å². The third kappa shape index (κ3) is 5.68. The minimum absolute atomic E-state index is 0.0219. The average molecular weight is 413 g/mol. The molecule has 0 aromatic heterocycles. The summed E-state index contributed by atoms with van der Waals surface area (Å²) < 4.78 is 5.41. The van der Waals surface area contributed by atoms with Crippen molar-refractivity contribution in [2.24, 2.45) is 0 Å². The van der Waals surface area contributed by atoms with Gasteiger partial charge in [0.05, 0.1) is 19.3 Å². The number of nitrogens with zero attached hydrogens (tertiary/aromatic N) is 2. The highest BCUT2D eigenvalue weighted by atomic mass is 32.1. The maximum Gasteiger partial charge on any atom is 0.253 e. The number of ether oxygens (including phenoxy) is 1. The predicted octanol–water partition coefficient (Wildman–Crippen LogP) is 3.27. The van der Waals surface area contributed by atoms with E-state index in [1.165, 1.54) is 5.69 Å². The molecule has 6 nitrogen and oxygen atoms in total. The molecular weight excluding hydrogens is 384 g/mol. The zero-order valence-electron chi connectivity index (χ0n) is 17.1. The van der Waals surface area contributed by atoms with Gasteiger partial charge in [-0.15, -0.1) is 0 Å². The maximum atomic E-state index is 12.0. The molecule has 0 radical (unpaired) electrons. The van der Waals surface area contributed by atoms with Gasteiger partial charge in [0.2, 0.25) is 0 Å². The summed E-state index contributed by atoms with van der Waals surface area (Å²) in [4.78, 5) is 15.9. The molecule has 29 heavy (non-hydrogen) atoms. The molecule has 1 atom stereocenters. The highest BCUT2D eigenvalue weighted by Crippen LogP contribution is 2.20. The van der Waals surface area contributed by atoms with Crippen LogP contribution in [0.4, 0.5) is 11.4 Å². The predicted molar refractivity (Wildman–Crippen MR) is 122 cm³/mol. The largest absolute Gasteiger partial charge is 0.378 e. The molecule has 1 fully saturated rings. The van der Waals surface area contributed by atoms with Crippen LogP contribution >= 0.6 is 12.2 Å². The number of thiocarbonyl (C=S) groups is 1. The van der Waals surface area contributed by atoms with Crippen molar-refractivity contribution in [2.75, 3.05) is 50.6 Å². The molecule has 1 aliphatic rings. The van der Waals surface area contributed by atoms with E-state index in [0.29, 0.717) is 10.7 Å². The standard InChI is InChI=1S/C22H28N4O2S/c1-16(17-6-10-20(11-7-17)26-12-14-28-15-13-26)23-22(29)24-19-8-4-18(5-9-19)21(27)25(2)3/h4-11,16H,12-15H2,1-3H3,(H2,23,24,29)/t16-/m0/s1. The van der Waals surface area contributed by atoms with Crippen molar-refractivity contribution >= 4 is 34.6 Å². The summed E-state index contributed by atoms with van der Waals surface area (Å²) in [6.07, 6.45) is 0. The van der Waals surface area contributed by atoms with Crippen LogP contribution < -0.4 is 15.5 Å². The Morgan fingerprint density at radius 1 is 1.07 bits per heavy atom. The summed E-state index contributed by atoms with van der Waals surface area (Å²) in [6.45, 7) is 5.50. The molecule has 1 saturated heterocycles. The van der Waals surface area contributed by atoms with Gasteiger partial charge in [-0.05, 0) is 61.1 Å². The molecule has 154 valence electrons. The number of hydrogen-bond donors (Lipinski definition) is 2. The van der Waals surface area contributed by atoms with Gasteiger partial charge in [-0.3, -0.25) is 4.79 Å². The lowest BCUT2D eigenvalue weighted by molar-refractivity contribution is 0.0827. The quantitative estimate of drug-likeness (QED) is 0.735. The number of benzene rings is 2. The molecule has 1 amide bonds. The summed E-state index contributed by atoms with van der Waals surface area (Å²) >= 11 is 5.45. The normalized spacial score (nSPS) is 14.8. The van der Waals surface area contributed by atoms with Gasteiger partial charge >= 0.3 is 0 Å². The van der Waals surface area contributed by atoms with E-state index in [0.717, 1.165) is 37.6 Å². The Bertz CT molecular complexity index is 831. The van der Waals surface area contributed by atoms with Gasteiger partial charge in [0, 0.05) is 44.1 Å². The van der Waals surface area contributed by atoms with Crippen LogP contribution in [0.15, 0.2) is 48.5 Å². The number of amides is 1. The van der Waals surface area contributed by atoms with Gasteiger partial charge in [0.25, 0.3) is 5.91 Å². The number of morpholine rings is 1. The topological polar surface area (TPSA) is 56.8 Å². The molecule has 0 spiro atoms. The van der Waals surface area contributed by atoms with Gasteiger partial charge in [0.1, 0.15) is 0 Å². The molecule has 0 aliphatic carbocycles. The summed E-state index contributed by atoms with van der Waals surface area (Å²) in [5, 5.41) is 7.03. The monoisotopic (exact) mass is 412 g/mol. The van der Waals surface area contributed by atoms with Crippen molar-refractivity contribution in [2.45, 2.75) is 13.0 Å². The fourth-order valence-corrected chi connectivity index (χ4v) is 3.49. The lowest BCUT2D eigenvalue weighted by Gasteiger charge is -2.29. The van der Waals surface area contributed by atoms with E-state index < -0.39 is 0 Å². The molecule has 2 aromatic carbocycles. The maximum absolute atomic E-state index is 12.0. The van der Waals surface area contributed by atoms with Crippen molar-refractivity contribution in [1.82, 2.24) is 10.2 Å². The van der Waals surface area contributed by atoms with E-state index in [-0.39, 0.29) is 11.9 Å². The zero-order chi connectivity index (χ0) is 20.8. The first-order chi connectivity index (χ1) is 13.9. The van der Waals surface area contributed by atoms with Crippen LogP contribution in [0, 0.1) is 0 Å². The molecule has 1 aliphatic heterocycles. The Balaban J connectivity index is 1.54. The second kappa shape index (κ2) is 9.71. The summed E-state index contributed by atoms with van der Waals surface area (Å²) in [5.74, 6) is -0.0219. The van der Waals surface area contributed by atoms with Gasteiger partial charge < -0.3 is 25.2 Å². The second-order valence-electron chi connectivity index (χ2n) is 7.29. The Kier molecular flexibility index (Phi) is 7.06. The number of carbonyl (C=O) groups excluding carboxylic acids is 1.